The number of rotatable bonds is 0. The molecule has 0 spiro atoms. The SMILES string of the molecule is O=C1[C@H]2[C@@H]3CC[C@@H](C3)[C@H]2[C@H]1Cl. The number of hydrogen-bond acceptors (Lipinski definition) is 1. The molecule has 3 aliphatic carbocycles. The van der Waals surface area contributed by atoms with Crippen LogP contribution in [0.4, 0.5) is 0 Å². The predicted octanol–water partition coefficient (Wildman–Crippen LogP) is 1.84. The van der Waals surface area contributed by atoms with Crippen LogP contribution in [-0.2, 0) is 4.79 Å². The lowest BCUT2D eigenvalue weighted by Crippen LogP contribution is -2.51. The van der Waals surface area contributed by atoms with Gasteiger partial charge < -0.3 is 0 Å². The van der Waals surface area contributed by atoms with Crippen LogP contribution < -0.4 is 0 Å². The molecule has 0 aromatic heterocycles. The Balaban J connectivity index is 1.95. The highest BCUT2D eigenvalue weighted by molar-refractivity contribution is 6.34. The van der Waals surface area contributed by atoms with Crippen molar-refractivity contribution >= 4 is 17.4 Å². The highest BCUT2D eigenvalue weighted by Gasteiger charge is 2.62. The van der Waals surface area contributed by atoms with Gasteiger partial charge in [0, 0.05) is 5.92 Å². The third-order valence-corrected chi connectivity index (χ3v) is 4.42. The number of hydrogen-bond donors (Lipinski definition) is 0. The average Bonchev–Trinajstić information content (AvgIpc) is 2.58. The Morgan fingerprint density at radius 2 is 2.00 bits per heavy atom. The zero-order chi connectivity index (χ0) is 7.59. The summed E-state index contributed by atoms with van der Waals surface area (Å²) < 4.78 is 0. The summed E-state index contributed by atoms with van der Waals surface area (Å²) in [4.78, 5) is 11.3. The lowest BCUT2D eigenvalue weighted by atomic mass is 9.64. The number of carbonyl (C=O) groups is 1. The maximum Gasteiger partial charge on any atom is 0.154 e. The van der Waals surface area contributed by atoms with E-state index in [1.165, 1.54) is 19.3 Å². The fraction of sp³-hybridized carbons (Fsp3) is 0.889. The van der Waals surface area contributed by atoms with Gasteiger partial charge in [-0.15, -0.1) is 11.6 Å². The standard InChI is InChI=1S/C9H11ClO/c10-8-6-4-1-2-5(3-4)7(6)9(8)11/h4-8H,1-3H2/t4-,5+,6+,7-,8+/m0/s1. The smallest absolute Gasteiger partial charge is 0.154 e. The quantitative estimate of drug-likeness (QED) is 0.507. The van der Waals surface area contributed by atoms with Crippen LogP contribution in [0.2, 0.25) is 0 Å². The molecule has 0 unspecified atom stereocenters. The molecule has 3 fully saturated rings. The Morgan fingerprint density at radius 1 is 1.27 bits per heavy atom. The molecule has 3 saturated carbocycles. The Kier molecular flexibility index (Phi) is 1.07. The zero-order valence-electron chi connectivity index (χ0n) is 6.29. The van der Waals surface area contributed by atoms with Gasteiger partial charge in [-0.05, 0) is 37.0 Å². The van der Waals surface area contributed by atoms with Gasteiger partial charge in [-0.2, -0.15) is 0 Å². The molecule has 5 atom stereocenters. The van der Waals surface area contributed by atoms with Gasteiger partial charge in [0.25, 0.3) is 0 Å². The van der Waals surface area contributed by atoms with E-state index < -0.39 is 0 Å². The van der Waals surface area contributed by atoms with Crippen molar-refractivity contribution in [2.24, 2.45) is 23.7 Å². The third kappa shape index (κ3) is 0.581. The van der Waals surface area contributed by atoms with Gasteiger partial charge in [-0.25, -0.2) is 0 Å². The Hall–Kier alpha value is -0.0400. The van der Waals surface area contributed by atoms with Gasteiger partial charge in [0.05, 0.1) is 5.38 Å². The molecule has 0 saturated heterocycles. The van der Waals surface area contributed by atoms with E-state index in [1.54, 1.807) is 0 Å². The predicted molar refractivity (Wildman–Crippen MR) is 42.5 cm³/mol. The first kappa shape index (κ1) is 6.47. The second kappa shape index (κ2) is 1.82. The molecular formula is C9H11ClO. The van der Waals surface area contributed by atoms with E-state index >= 15 is 0 Å². The molecule has 11 heavy (non-hydrogen) atoms. The van der Waals surface area contributed by atoms with Crippen LogP contribution in [0.15, 0.2) is 0 Å². The van der Waals surface area contributed by atoms with E-state index in [4.69, 9.17) is 11.6 Å². The molecular weight excluding hydrogens is 160 g/mol. The van der Waals surface area contributed by atoms with Crippen LogP contribution in [0.5, 0.6) is 0 Å². The molecule has 0 heterocycles. The molecule has 3 aliphatic rings. The van der Waals surface area contributed by atoms with Gasteiger partial charge in [0.1, 0.15) is 0 Å². The molecule has 0 radical (unpaired) electrons. The van der Waals surface area contributed by atoms with Crippen molar-refractivity contribution in [3.8, 4) is 0 Å². The van der Waals surface area contributed by atoms with Crippen molar-refractivity contribution in [2.75, 3.05) is 0 Å². The lowest BCUT2D eigenvalue weighted by molar-refractivity contribution is -0.136. The zero-order valence-corrected chi connectivity index (χ0v) is 7.05. The normalized spacial score (nSPS) is 59.4. The summed E-state index contributed by atoms with van der Waals surface area (Å²) in [6.45, 7) is 0. The highest BCUT2D eigenvalue weighted by atomic mass is 35.5. The molecule has 2 bridgehead atoms. The van der Waals surface area contributed by atoms with E-state index in [0.29, 0.717) is 17.6 Å². The second-order valence-corrected chi connectivity index (χ2v) is 4.71. The van der Waals surface area contributed by atoms with E-state index in [2.05, 4.69) is 0 Å². The summed E-state index contributed by atoms with van der Waals surface area (Å²) in [5.41, 5.74) is 0. The summed E-state index contributed by atoms with van der Waals surface area (Å²) in [7, 11) is 0. The maximum atomic E-state index is 11.3. The van der Waals surface area contributed by atoms with Gasteiger partial charge in [0.15, 0.2) is 5.78 Å². The minimum atomic E-state index is -0.102. The first-order chi connectivity index (χ1) is 5.29. The van der Waals surface area contributed by atoms with Crippen LogP contribution >= 0.6 is 11.6 Å². The van der Waals surface area contributed by atoms with Gasteiger partial charge in [-0.3, -0.25) is 4.79 Å². The lowest BCUT2D eigenvalue weighted by Gasteiger charge is -2.42. The Morgan fingerprint density at radius 3 is 2.73 bits per heavy atom. The fourth-order valence-electron chi connectivity index (χ4n) is 3.43. The van der Waals surface area contributed by atoms with Crippen LogP contribution in [0, 0.1) is 23.7 Å². The number of carbonyl (C=O) groups excluding carboxylic acids is 1. The van der Waals surface area contributed by atoms with Crippen LogP contribution in [0.3, 0.4) is 0 Å². The minimum absolute atomic E-state index is 0.102. The van der Waals surface area contributed by atoms with Gasteiger partial charge in [0.2, 0.25) is 0 Å². The van der Waals surface area contributed by atoms with E-state index in [9.17, 15) is 4.79 Å². The average molecular weight is 171 g/mol. The Labute approximate surface area is 71.1 Å². The van der Waals surface area contributed by atoms with Crippen LogP contribution in [0.1, 0.15) is 19.3 Å². The van der Waals surface area contributed by atoms with Crippen molar-refractivity contribution in [3.05, 3.63) is 0 Å². The molecule has 3 rings (SSSR count). The molecule has 0 amide bonds. The van der Waals surface area contributed by atoms with Crippen molar-refractivity contribution in [2.45, 2.75) is 24.6 Å². The molecule has 2 heteroatoms. The van der Waals surface area contributed by atoms with E-state index in [-0.39, 0.29) is 5.38 Å². The number of halogens is 1. The van der Waals surface area contributed by atoms with Crippen LogP contribution in [0.25, 0.3) is 0 Å². The summed E-state index contributed by atoms with van der Waals surface area (Å²) in [6.07, 6.45) is 3.92. The fourth-order valence-corrected chi connectivity index (χ4v) is 3.94. The van der Waals surface area contributed by atoms with Crippen molar-refractivity contribution in [3.63, 3.8) is 0 Å². The summed E-state index contributed by atoms with van der Waals surface area (Å²) in [6, 6.07) is 0. The number of alkyl halides is 1. The first-order valence-electron chi connectivity index (χ1n) is 4.47. The number of Topliss-reactive ketones (excluding diaryl/α,β-unsaturated/α-hetero) is 1. The molecule has 0 aromatic carbocycles. The van der Waals surface area contributed by atoms with Crippen molar-refractivity contribution < 1.29 is 4.79 Å². The molecule has 60 valence electrons. The first-order valence-corrected chi connectivity index (χ1v) is 4.90. The van der Waals surface area contributed by atoms with Crippen molar-refractivity contribution in [1.29, 1.82) is 0 Å². The summed E-state index contributed by atoms with van der Waals surface area (Å²) in [5.74, 6) is 2.88. The summed E-state index contributed by atoms with van der Waals surface area (Å²) >= 11 is 5.94. The third-order valence-electron chi connectivity index (χ3n) is 3.92. The maximum absolute atomic E-state index is 11.3. The minimum Gasteiger partial charge on any atom is -0.298 e. The number of ketones is 1. The number of fused-ring (bicyclic) bond motifs is 5. The molecule has 0 N–H and O–H groups in total. The highest BCUT2D eigenvalue weighted by Crippen LogP contribution is 2.60. The van der Waals surface area contributed by atoms with Gasteiger partial charge in [-0.1, -0.05) is 0 Å². The second-order valence-electron chi connectivity index (χ2n) is 4.24. The van der Waals surface area contributed by atoms with Crippen LogP contribution in [-0.4, -0.2) is 11.2 Å². The Bertz CT molecular complexity index is 226. The van der Waals surface area contributed by atoms with Crippen molar-refractivity contribution in [1.82, 2.24) is 0 Å². The van der Waals surface area contributed by atoms with Gasteiger partial charge >= 0.3 is 0 Å². The largest absolute Gasteiger partial charge is 0.298 e. The van der Waals surface area contributed by atoms with E-state index in [0.717, 1.165) is 11.8 Å². The topological polar surface area (TPSA) is 17.1 Å². The summed E-state index contributed by atoms with van der Waals surface area (Å²) in [5, 5.41) is -0.102. The molecule has 0 aliphatic heterocycles. The monoisotopic (exact) mass is 170 g/mol. The molecule has 1 nitrogen and oxygen atoms in total. The molecule has 0 aromatic rings. The van der Waals surface area contributed by atoms with E-state index in [1.807, 2.05) is 0 Å².